The van der Waals surface area contributed by atoms with E-state index in [1.807, 2.05) is 12.2 Å². The van der Waals surface area contributed by atoms with E-state index in [4.69, 9.17) is 25.8 Å². The fourth-order valence-corrected chi connectivity index (χ4v) is 8.77. The molecule has 1 saturated heterocycles. The summed E-state index contributed by atoms with van der Waals surface area (Å²) in [6, 6.07) is 2.99. The summed E-state index contributed by atoms with van der Waals surface area (Å²) in [4.78, 5) is 62.0. The monoisotopic (exact) mass is 787 g/mol. The molecule has 3 N–H and O–H groups in total. The Morgan fingerprint density at radius 3 is 2.54 bits per heavy atom. The predicted octanol–water partition coefficient (Wildman–Crippen LogP) is 4.78. The molecule has 0 radical (unpaired) electrons. The fraction of sp³-hybridized carbons (Fsp3) is 0.605. The number of carbonyl (C=O) groups excluding carboxylic acids is 4. The van der Waals surface area contributed by atoms with Crippen molar-refractivity contribution in [3.63, 3.8) is 0 Å². The van der Waals surface area contributed by atoms with Gasteiger partial charge in [0.2, 0.25) is 27.7 Å². The number of aromatic nitrogens is 1. The van der Waals surface area contributed by atoms with Crippen LogP contribution in [0.5, 0.6) is 11.6 Å². The van der Waals surface area contributed by atoms with Crippen LogP contribution in [-0.4, -0.2) is 89.8 Å². The van der Waals surface area contributed by atoms with E-state index in [-0.39, 0.29) is 18.8 Å². The van der Waals surface area contributed by atoms with Crippen LogP contribution < -0.4 is 24.8 Å². The molecular weight excluding hydrogens is 738 g/mol. The first-order chi connectivity index (χ1) is 25.4. The lowest BCUT2D eigenvalue weighted by molar-refractivity contribution is -0.142. The molecule has 1 aromatic carbocycles. The molecule has 4 aliphatic rings. The maximum atomic E-state index is 14.6. The summed E-state index contributed by atoms with van der Waals surface area (Å²) in [6.45, 7) is 8.46. The molecule has 0 bridgehead atoms. The Morgan fingerprint density at radius 2 is 1.85 bits per heavy atom. The molecule has 1 aromatic heterocycles. The van der Waals surface area contributed by atoms with Crippen LogP contribution in [0, 0.1) is 11.8 Å². The summed E-state index contributed by atoms with van der Waals surface area (Å²) < 4.78 is 45.1. The second kappa shape index (κ2) is 14.9. The molecule has 16 heteroatoms. The smallest absolute Gasteiger partial charge is 0.408 e. The number of halogens is 1. The van der Waals surface area contributed by atoms with Crippen LogP contribution in [0.25, 0.3) is 10.8 Å². The van der Waals surface area contributed by atoms with Gasteiger partial charge in [0.05, 0.1) is 24.6 Å². The van der Waals surface area contributed by atoms with E-state index < -0.39 is 79.7 Å². The highest BCUT2D eigenvalue weighted by atomic mass is 35.5. The number of allylic oxidation sites excluding steroid dienone is 1. The predicted molar refractivity (Wildman–Crippen MR) is 201 cm³/mol. The van der Waals surface area contributed by atoms with E-state index in [0.29, 0.717) is 53.6 Å². The van der Waals surface area contributed by atoms with Gasteiger partial charge < -0.3 is 29.7 Å². The van der Waals surface area contributed by atoms with Gasteiger partial charge in [0, 0.05) is 27.6 Å². The number of fused-ring (bicyclic) bond motifs is 3. The fourth-order valence-electron chi connectivity index (χ4n) is 7.29. The van der Waals surface area contributed by atoms with Crippen molar-refractivity contribution in [2.75, 3.05) is 13.7 Å². The van der Waals surface area contributed by atoms with Crippen LogP contribution >= 0.6 is 11.6 Å². The van der Waals surface area contributed by atoms with E-state index >= 15 is 0 Å². The molecule has 0 spiro atoms. The third kappa shape index (κ3) is 8.12. The molecule has 0 unspecified atom stereocenters. The SMILES string of the molecule is COc1cnc(O[C@H]2CN3C(=O)[C@@H](NC(=O)OC(C)(C)C)CCCCCC=C[C@H]4C[C@@]4(C(=O)NS(=O)(=O)C4(C)CC4)NC(=O)[C@@H]3[C@@H]2C)c2cc(Cl)ccc12. The molecule has 294 valence electrons. The number of hydrogen-bond acceptors (Lipinski definition) is 10. The number of ether oxygens (including phenoxy) is 3. The number of benzene rings is 1. The molecule has 14 nitrogen and oxygen atoms in total. The minimum atomic E-state index is -4.01. The highest BCUT2D eigenvalue weighted by molar-refractivity contribution is 7.91. The zero-order valence-electron chi connectivity index (χ0n) is 31.6. The molecule has 2 aromatic rings. The van der Waals surface area contributed by atoms with Gasteiger partial charge in [0.1, 0.15) is 35.1 Å². The molecule has 2 aliphatic heterocycles. The Balaban J connectivity index is 1.36. The van der Waals surface area contributed by atoms with Gasteiger partial charge in [-0.25, -0.2) is 18.2 Å². The van der Waals surface area contributed by atoms with Crippen LogP contribution in [0.2, 0.25) is 5.02 Å². The zero-order valence-corrected chi connectivity index (χ0v) is 33.1. The lowest BCUT2D eigenvalue weighted by Gasteiger charge is -2.31. The van der Waals surface area contributed by atoms with E-state index in [1.165, 1.54) is 18.2 Å². The first-order valence-corrected chi connectivity index (χ1v) is 20.4. The lowest BCUT2D eigenvalue weighted by Crippen LogP contribution is -2.59. The van der Waals surface area contributed by atoms with Gasteiger partial charge in [-0.3, -0.25) is 19.1 Å². The van der Waals surface area contributed by atoms with Gasteiger partial charge in [0.15, 0.2) is 0 Å². The topological polar surface area (TPSA) is 182 Å². The number of rotatable bonds is 7. The first-order valence-electron chi connectivity index (χ1n) is 18.5. The van der Waals surface area contributed by atoms with Gasteiger partial charge in [0.25, 0.3) is 5.91 Å². The molecule has 3 fully saturated rings. The highest BCUT2D eigenvalue weighted by Crippen LogP contribution is 2.48. The number of sulfonamides is 1. The number of nitrogens with zero attached hydrogens (tertiary/aromatic N) is 2. The van der Waals surface area contributed by atoms with Crippen molar-refractivity contribution in [3.05, 3.63) is 41.6 Å². The lowest BCUT2D eigenvalue weighted by atomic mass is 9.98. The summed E-state index contributed by atoms with van der Waals surface area (Å²) >= 11 is 6.37. The maximum absolute atomic E-state index is 14.6. The molecule has 54 heavy (non-hydrogen) atoms. The molecule has 2 aliphatic carbocycles. The van der Waals surface area contributed by atoms with Crippen LogP contribution in [0.15, 0.2) is 36.5 Å². The van der Waals surface area contributed by atoms with Crippen molar-refractivity contribution in [2.24, 2.45) is 11.8 Å². The van der Waals surface area contributed by atoms with E-state index in [0.717, 1.165) is 12.8 Å². The maximum Gasteiger partial charge on any atom is 0.408 e. The number of methoxy groups -OCH3 is 1. The standard InChI is InChI=1S/C38H50ClN5O9S/c1-22-29(52-32-26-18-24(39)14-15-25(26)28(51-6)20-40-32)21-44-30(22)31(45)42-38(34(47)43-54(49,50)37(5)16-17-37)19-23(38)12-10-8-7-9-11-13-27(33(44)46)41-35(48)53-36(2,3)4/h10,12,14-15,18,20,22-23,27,29-30H,7-9,11,13,16-17,19,21H2,1-6H3,(H,41,48)(H,42,45)(H,43,47)/t22-,23+,27+,29+,30+,38-/m1/s1. The highest BCUT2D eigenvalue weighted by Gasteiger charge is 2.63. The van der Waals surface area contributed by atoms with Crippen LogP contribution in [0.4, 0.5) is 4.79 Å². The van der Waals surface area contributed by atoms with Crippen molar-refractivity contribution < 1.29 is 41.8 Å². The van der Waals surface area contributed by atoms with Crippen molar-refractivity contribution >= 4 is 56.2 Å². The quantitative estimate of drug-likeness (QED) is 0.331. The second-order valence-corrected chi connectivity index (χ2v) is 18.8. The van der Waals surface area contributed by atoms with Gasteiger partial charge in [-0.15, -0.1) is 0 Å². The first kappa shape index (κ1) is 39.6. The Bertz CT molecular complexity index is 1960. The summed E-state index contributed by atoms with van der Waals surface area (Å²) in [5, 5.41) is 7.34. The summed E-state index contributed by atoms with van der Waals surface area (Å²) in [5.41, 5.74) is -2.36. The largest absolute Gasteiger partial charge is 0.494 e. The summed E-state index contributed by atoms with van der Waals surface area (Å²) in [7, 11) is -2.48. The van der Waals surface area contributed by atoms with Crippen molar-refractivity contribution in [3.8, 4) is 11.6 Å². The third-order valence-corrected chi connectivity index (χ3v) is 13.3. The van der Waals surface area contributed by atoms with Gasteiger partial charge in [-0.1, -0.05) is 43.5 Å². The number of alkyl carbamates (subject to hydrolysis) is 1. The Morgan fingerprint density at radius 1 is 1.11 bits per heavy atom. The molecular formula is C38H50ClN5O9S. The minimum Gasteiger partial charge on any atom is -0.494 e. The van der Waals surface area contributed by atoms with E-state index in [1.54, 1.807) is 52.8 Å². The van der Waals surface area contributed by atoms with Crippen LogP contribution in [0.1, 0.15) is 86.0 Å². The average molecular weight is 788 g/mol. The average Bonchev–Trinajstić information content (AvgIpc) is 3.99. The normalized spacial score (nSPS) is 28.4. The number of pyridine rings is 1. The molecule has 3 heterocycles. The Hall–Kier alpha value is -4.11. The van der Waals surface area contributed by atoms with Crippen molar-refractivity contribution in [2.45, 2.75) is 120 Å². The Labute approximate surface area is 321 Å². The number of hydrogen-bond donors (Lipinski definition) is 3. The van der Waals surface area contributed by atoms with Crippen LogP contribution in [0.3, 0.4) is 0 Å². The number of carbonyl (C=O) groups is 4. The molecule has 4 amide bonds. The number of amides is 4. The molecule has 2 saturated carbocycles. The Kier molecular flexibility index (Phi) is 10.9. The van der Waals surface area contributed by atoms with Crippen LogP contribution in [-0.2, 0) is 29.1 Å². The second-order valence-electron chi connectivity index (χ2n) is 16.2. The van der Waals surface area contributed by atoms with Gasteiger partial charge >= 0.3 is 6.09 Å². The van der Waals surface area contributed by atoms with E-state index in [2.05, 4.69) is 20.3 Å². The molecule has 6 atom stereocenters. The zero-order chi connectivity index (χ0) is 39.2. The van der Waals surface area contributed by atoms with Crippen molar-refractivity contribution in [1.82, 2.24) is 25.2 Å². The molecule has 6 rings (SSSR count). The number of nitrogens with one attached hydrogen (secondary N) is 3. The van der Waals surface area contributed by atoms with Crippen molar-refractivity contribution in [1.29, 1.82) is 0 Å². The van der Waals surface area contributed by atoms with E-state index in [9.17, 15) is 27.6 Å². The summed E-state index contributed by atoms with van der Waals surface area (Å²) in [6.07, 6.45) is 7.93. The minimum absolute atomic E-state index is 0.0599. The van der Waals surface area contributed by atoms with Gasteiger partial charge in [-0.05, 0) is 84.4 Å². The third-order valence-electron chi connectivity index (χ3n) is 10.9. The summed E-state index contributed by atoms with van der Waals surface area (Å²) in [5.74, 6) is -2.38. The van der Waals surface area contributed by atoms with Gasteiger partial charge in [-0.2, -0.15) is 0 Å².